The van der Waals surface area contributed by atoms with Gasteiger partial charge in [0.25, 0.3) is 11.8 Å². The highest BCUT2D eigenvalue weighted by Crippen LogP contribution is 2.31. The van der Waals surface area contributed by atoms with Crippen molar-refractivity contribution in [2.75, 3.05) is 31.5 Å². The van der Waals surface area contributed by atoms with Crippen LogP contribution < -0.4 is 26.6 Å². The fourth-order valence-corrected chi connectivity index (χ4v) is 4.60. The number of alkyl halides is 1. The van der Waals surface area contributed by atoms with E-state index < -0.39 is 49.0 Å². The lowest BCUT2D eigenvalue weighted by Crippen LogP contribution is -2.50. The van der Waals surface area contributed by atoms with E-state index in [2.05, 4.69) is 36.6 Å². The number of guanidine groups is 1. The zero-order valence-electron chi connectivity index (χ0n) is 22.4. The molecule has 1 aliphatic heterocycles. The van der Waals surface area contributed by atoms with Crippen LogP contribution in [-0.2, 0) is 9.59 Å². The molecule has 0 spiro atoms. The normalized spacial score (nSPS) is 14.9. The van der Waals surface area contributed by atoms with Gasteiger partial charge in [-0.2, -0.15) is 0 Å². The van der Waals surface area contributed by atoms with Crippen LogP contribution in [0.15, 0.2) is 65.9 Å². The molecule has 0 radical (unpaired) electrons. The summed E-state index contributed by atoms with van der Waals surface area (Å²) in [5, 5.41) is 22.4. The summed E-state index contributed by atoms with van der Waals surface area (Å²) in [4.78, 5) is 57.6. The standard InChI is InChI=1S/C28H26Cl2FN7O5/c29-20-8-17(16-4-2-6-32-10-16)9-21(30)24(20)26(41)38-22(27(42)43)13-33-23(39)14-34-25(40)15-3-1-5-19(7-15)37-28-35-11-18(31)12-36-28/h1-10,18,22H,11-14H2,(H,33,39)(H,34,40)(H,38,41)(H,42,43)(H2,35,36,37)/t22-/m0/s1. The van der Waals surface area contributed by atoms with Gasteiger partial charge in [-0.15, -0.1) is 0 Å². The van der Waals surface area contributed by atoms with Crippen LogP contribution in [0.25, 0.3) is 11.1 Å². The zero-order chi connectivity index (χ0) is 30.9. The Balaban J connectivity index is 1.29. The number of amides is 3. The van der Waals surface area contributed by atoms with Crippen LogP contribution in [0.2, 0.25) is 10.0 Å². The molecule has 2 heterocycles. The molecule has 0 saturated heterocycles. The number of hydrogen-bond acceptors (Lipinski definition) is 8. The Morgan fingerprint density at radius 1 is 1.02 bits per heavy atom. The molecule has 0 saturated carbocycles. The van der Waals surface area contributed by atoms with Gasteiger partial charge in [0, 0.05) is 35.8 Å². The Kier molecular flexibility index (Phi) is 10.5. The molecule has 6 N–H and O–H groups in total. The first-order valence-electron chi connectivity index (χ1n) is 12.9. The summed E-state index contributed by atoms with van der Waals surface area (Å²) >= 11 is 12.6. The average molecular weight is 630 g/mol. The van der Waals surface area contributed by atoms with E-state index >= 15 is 0 Å². The van der Waals surface area contributed by atoms with Gasteiger partial charge in [-0.3, -0.25) is 19.4 Å². The number of carboxylic acid groups (broad SMARTS) is 1. The minimum absolute atomic E-state index is 0.00426. The van der Waals surface area contributed by atoms with Crippen LogP contribution in [0.5, 0.6) is 0 Å². The number of hydrogen-bond donors (Lipinski definition) is 6. The number of aliphatic carboxylic acids is 1. The SMILES string of the molecule is O=C(CNC(=O)c1cccc(NC2=NCC(F)CN2)c1)NC[C@H](NC(=O)c1c(Cl)cc(-c2cccnc2)cc1Cl)C(=O)O. The zero-order valence-corrected chi connectivity index (χ0v) is 23.9. The molecule has 2 atom stereocenters. The van der Waals surface area contributed by atoms with Gasteiger partial charge in [0.05, 0.1) is 35.2 Å². The smallest absolute Gasteiger partial charge is 0.328 e. The highest BCUT2D eigenvalue weighted by atomic mass is 35.5. The van der Waals surface area contributed by atoms with Crippen molar-refractivity contribution in [3.05, 3.63) is 82.1 Å². The molecule has 224 valence electrons. The Morgan fingerprint density at radius 2 is 1.79 bits per heavy atom. The quantitative estimate of drug-likeness (QED) is 0.198. The van der Waals surface area contributed by atoms with Gasteiger partial charge in [-0.1, -0.05) is 35.3 Å². The minimum Gasteiger partial charge on any atom is -0.480 e. The molecule has 0 fully saturated rings. The van der Waals surface area contributed by atoms with Crippen LogP contribution in [0.1, 0.15) is 20.7 Å². The van der Waals surface area contributed by atoms with Crippen molar-refractivity contribution >= 4 is 58.5 Å². The molecule has 3 aromatic rings. The Hall–Kier alpha value is -4.75. The number of rotatable bonds is 10. The summed E-state index contributed by atoms with van der Waals surface area (Å²) in [5.74, 6) is -3.16. The van der Waals surface area contributed by atoms with E-state index in [4.69, 9.17) is 23.2 Å². The Labute approximate surface area is 255 Å². The number of nitrogens with zero attached hydrogens (tertiary/aromatic N) is 2. The van der Waals surface area contributed by atoms with E-state index in [0.29, 0.717) is 22.8 Å². The largest absolute Gasteiger partial charge is 0.480 e. The second kappa shape index (κ2) is 14.4. The topological polar surface area (TPSA) is 174 Å². The van der Waals surface area contributed by atoms with Gasteiger partial charge < -0.3 is 31.7 Å². The molecule has 1 aliphatic rings. The van der Waals surface area contributed by atoms with E-state index in [0.717, 1.165) is 0 Å². The first kappa shape index (κ1) is 31.2. The van der Waals surface area contributed by atoms with E-state index in [9.17, 15) is 28.7 Å². The second-order valence-corrected chi connectivity index (χ2v) is 10.1. The lowest BCUT2D eigenvalue weighted by atomic mass is 10.0. The predicted octanol–water partition coefficient (Wildman–Crippen LogP) is 2.49. The minimum atomic E-state index is -1.52. The Morgan fingerprint density at radius 3 is 2.44 bits per heavy atom. The van der Waals surface area contributed by atoms with Crippen molar-refractivity contribution in [2.45, 2.75) is 12.2 Å². The van der Waals surface area contributed by atoms with Crippen molar-refractivity contribution in [3.63, 3.8) is 0 Å². The molecular weight excluding hydrogens is 604 g/mol. The van der Waals surface area contributed by atoms with Gasteiger partial charge >= 0.3 is 5.97 Å². The molecule has 0 aliphatic carbocycles. The third kappa shape index (κ3) is 8.63. The Bertz CT molecular complexity index is 1530. The maximum Gasteiger partial charge on any atom is 0.328 e. The predicted molar refractivity (Wildman–Crippen MR) is 159 cm³/mol. The van der Waals surface area contributed by atoms with E-state index in [-0.39, 0.29) is 34.3 Å². The second-order valence-electron chi connectivity index (χ2n) is 9.28. The van der Waals surface area contributed by atoms with Crippen LogP contribution >= 0.6 is 23.2 Å². The van der Waals surface area contributed by atoms with Crippen molar-refractivity contribution in [3.8, 4) is 11.1 Å². The van der Waals surface area contributed by atoms with Crippen LogP contribution in [0, 0.1) is 0 Å². The summed E-state index contributed by atoms with van der Waals surface area (Å²) in [7, 11) is 0. The van der Waals surface area contributed by atoms with Crippen molar-refractivity contribution in [1.29, 1.82) is 0 Å². The summed E-state index contributed by atoms with van der Waals surface area (Å²) in [6.07, 6.45) is 2.13. The van der Waals surface area contributed by atoms with Crippen LogP contribution in [-0.4, -0.2) is 78.1 Å². The molecule has 1 aromatic heterocycles. The monoisotopic (exact) mass is 629 g/mol. The maximum atomic E-state index is 13.2. The number of carboxylic acids is 1. The number of pyridine rings is 1. The molecule has 3 amide bonds. The fraction of sp³-hybridized carbons (Fsp3) is 0.214. The number of aliphatic imine (C=N–C) groups is 1. The van der Waals surface area contributed by atoms with E-state index in [1.165, 1.54) is 24.3 Å². The maximum absolute atomic E-state index is 13.2. The molecule has 1 unspecified atom stereocenters. The molecule has 2 aromatic carbocycles. The van der Waals surface area contributed by atoms with E-state index in [1.54, 1.807) is 36.7 Å². The van der Waals surface area contributed by atoms with Gasteiger partial charge in [0.15, 0.2) is 5.96 Å². The highest BCUT2D eigenvalue weighted by molar-refractivity contribution is 6.40. The fourth-order valence-electron chi connectivity index (χ4n) is 3.94. The van der Waals surface area contributed by atoms with Gasteiger partial charge in [-0.25, -0.2) is 14.2 Å². The van der Waals surface area contributed by atoms with Crippen molar-refractivity contribution in [2.24, 2.45) is 4.99 Å². The lowest BCUT2D eigenvalue weighted by Gasteiger charge is -2.19. The molecule has 43 heavy (non-hydrogen) atoms. The third-order valence-electron chi connectivity index (χ3n) is 6.11. The van der Waals surface area contributed by atoms with Crippen LogP contribution in [0.3, 0.4) is 0 Å². The summed E-state index contributed by atoms with van der Waals surface area (Å²) in [5.41, 5.74) is 1.95. The highest BCUT2D eigenvalue weighted by Gasteiger charge is 2.25. The summed E-state index contributed by atoms with van der Waals surface area (Å²) in [6.45, 7) is -0.795. The number of nitrogens with one attached hydrogen (secondary N) is 5. The summed E-state index contributed by atoms with van der Waals surface area (Å²) in [6, 6.07) is 11.3. The number of anilines is 1. The van der Waals surface area contributed by atoms with Gasteiger partial charge in [-0.05, 0) is 42.0 Å². The average Bonchev–Trinajstić information content (AvgIpc) is 2.99. The number of benzene rings is 2. The van der Waals surface area contributed by atoms with Crippen LogP contribution in [0.4, 0.5) is 10.1 Å². The third-order valence-corrected chi connectivity index (χ3v) is 6.70. The lowest BCUT2D eigenvalue weighted by molar-refractivity contribution is -0.139. The number of carbonyl (C=O) groups is 4. The summed E-state index contributed by atoms with van der Waals surface area (Å²) < 4.78 is 13.2. The molecule has 15 heteroatoms. The van der Waals surface area contributed by atoms with Crippen molar-refractivity contribution < 1.29 is 28.7 Å². The van der Waals surface area contributed by atoms with Gasteiger partial charge in [0.1, 0.15) is 12.2 Å². The first-order valence-corrected chi connectivity index (χ1v) is 13.6. The molecule has 12 nitrogen and oxygen atoms in total. The van der Waals surface area contributed by atoms with E-state index in [1.807, 2.05) is 0 Å². The number of carbonyl (C=O) groups excluding carboxylic acids is 3. The number of aromatic nitrogens is 1. The van der Waals surface area contributed by atoms with Crippen molar-refractivity contribution in [1.82, 2.24) is 26.3 Å². The molecule has 0 bridgehead atoms. The molecular formula is C28H26Cl2FN7O5. The first-order chi connectivity index (χ1) is 20.6. The number of halogens is 3. The van der Waals surface area contributed by atoms with Gasteiger partial charge in [0.2, 0.25) is 5.91 Å². The molecule has 4 rings (SSSR count).